The predicted molar refractivity (Wildman–Crippen MR) is 139 cm³/mol. The number of halogens is 2. The van der Waals surface area contributed by atoms with E-state index in [0.717, 1.165) is 31.6 Å². The average molecular weight is 527 g/mol. The van der Waals surface area contributed by atoms with E-state index in [-0.39, 0.29) is 22.0 Å². The van der Waals surface area contributed by atoms with E-state index in [1.54, 1.807) is 24.3 Å². The number of aromatic nitrogens is 2. The number of anilines is 1. The Balaban J connectivity index is 1.47. The minimum absolute atomic E-state index is 0.00281. The first-order valence-electron chi connectivity index (χ1n) is 12.0. The number of imidazole rings is 1. The summed E-state index contributed by atoms with van der Waals surface area (Å²) < 4.78 is 14.7. The summed E-state index contributed by atoms with van der Waals surface area (Å²) in [6.07, 6.45) is 3.71. The van der Waals surface area contributed by atoms with Crippen LogP contribution in [0.25, 0.3) is 5.69 Å². The van der Waals surface area contributed by atoms with Crippen molar-refractivity contribution in [3.05, 3.63) is 76.6 Å². The van der Waals surface area contributed by atoms with E-state index in [4.69, 9.17) is 17.3 Å². The maximum Gasteiger partial charge on any atom is 0.270 e. The number of hydrogen-bond acceptors (Lipinski definition) is 5. The molecule has 1 fully saturated rings. The number of carbonyl (C=O) groups excluding carboxylic acids is 3. The van der Waals surface area contributed by atoms with Crippen molar-refractivity contribution < 1.29 is 18.8 Å². The molecule has 37 heavy (non-hydrogen) atoms. The predicted octanol–water partition coefficient (Wildman–Crippen LogP) is 3.48. The van der Waals surface area contributed by atoms with Gasteiger partial charge < -0.3 is 21.3 Å². The number of piperidine rings is 1. The van der Waals surface area contributed by atoms with Gasteiger partial charge in [0.05, 0.1) is 10.6 Å². The first-order valence-corrected chi connectivity index (χ1v) is 12.3. The minimum Gasteiger partial charge on any atom is -0.364 e. The molecule has 3 aromatic rings. The topological polar surface area (TPSA) is 122 Å². The number of nitrogens with zero attached hydrogens (tertiary/aromatic N) is 3. The first kappa shape index (κ1) is 26.3. The highest BCUT2D eigenvalue weighted by Gasteiger charge is 2.24. The van der Waals surface area contributed by atoms with Crippen LogP contribution in [-0.2, 0) is 0 Å². The lowest BCUT2D eigenvalue weighted by atomic mass is 10.0. The van der Waals surface area contributed by atoms with Crippen LogP contribution >= 0.6 is 11.6 Å². The zero-order chi connectivity index (χ0) is 26.5. The van der Waals surface area contributed by atoms with Crippen LogP contribution in [0.3, 0.4) is 0 Å². The van der Waals surface area contributed by atoms with Gasteiger partial charge in [0.25, 0.3) is 17.7 Å². The molecule has 1 aliphatic rings. The van der Waals surface area contributed by atoms with E-state index in [1.165, 1.54) is 23.4 Å². The molecule has 0 aliphatic carbocycles. The van der Waals surface area contributed by atoms with Crippen molar-refractivity contribution in [1.29, 1.82) is 0 Å². The highest BCUT2D eigenvalue weighted by atomic mass is 35.5. The van der Waals surface area contributed by atoms with Crippen molar-refractivity contribution >= 4 is 35.0 Å². The van der Waals surface area contributed by atoms with Gasteiger partial charge in [-0.05, 0) is 67.8 Å². The van der Waals surface area contributed by atoms with Gasteiger partial charge in [0, 0.05) is 31.0 Å². The molecular formula is C26H28ClFN6O3. The fourth-order valence-electron chi connectivity index (χ4n) is 4.42. The van der Waals surface area contributed by atoms with Gasteiger partial charge in [-0.15, -0.1) is 0 Å². The molecule has 4 rings (SSSR count). The van der Waals surface area contributed by atoms with Crippen LogP contribution < -0.4 is 16.4 Å². The van der Waals surface area contributed by atoms with Gasteiger partial charge in [0.1, 0.15) is 17.8 Å². The second-order valence-corrected chi connectivity index (χ2v) is 9.51. The number of benzene rings is 2. The minimum atomic E-state index is -0.811. The SMILES string of the molecule is C[C@@H]1CCCN(CCNC(=O)c2c(C(N)=O)ncn2-c2ccc(NC(=O)c3ccc(F)cc3Cl)cc2)C1. The Morgan fingerprint density at radius 3 is 2.59 bits per heavy atom. The lowest BCUT2D eigenvalue weighted by molar-refractivity contribution is 0.0920. The zero-order valence-corrected chi connectivity index (χ0v) is 21.1. The summed E-state index contributed by atoms with van der Waals surface area (Å²) in [4.78, 5) is 43.9. The largest absolute Gasteiger partial charge is 0.364 e. The van der Waals surface area contributed by atoms with Gasteiger partial charge >= 0.3 is 0 Å². The maximum atomic E-state index is 13.3. The number of likely N-dealkylation sites (tertiary alicyclic amines) is 1. The molecule has 2 aromatic carbocycles. The van der Waals surface area contributed by atoms with Crippen molar-refractivity contribution in [1.82, 2.24) is 19.8 Å². The van der Waals surface area contributed by atoms with Gasteiger partial charge in [-0.1, -0.05) is 18.5 Å². The number of hydrogen-bond donors (Lipinski definition) is 3. The summed E-state index contributed by atoms with van der Waals surface area (Å²) >= 11 is 5.97. The number of carbonyl (C=O) groups is 3. The highest BCUT2D eigenvalue weighted by Crippen LogP contribution is 2.21. The zero-order valence-electron chi connectivity index (χ0n) is 20.3. The molecule has 194 valence electrons. The van der Waals surface area contributed by atoms with Crippen LogP contribution in [0.1, 0.15) is 51.1 Å². The van der Waals surface area contributed by atoms with Crippen molar-refractivity contribution in [2.24, 2.45) is 11.7 Å². The third-order valence-electron chi connectivity index (χ3n) is 6.25. The van der Waals surface area contributed by atoms with Crippen LogP contribution in [0.4, 0.5) is 10.1 Å². The monoisotopic (exact) mass is 526 g/mol. The molecule has 0 unspecified atom stereocenters. The maximum absolute atomic E-state index is 13.3. The molecular weight excluding hydrogens is 499 g/mol. The van der Waals surface area contributed by atoms with Crippen LogP contribution in [0, 0.1) is 11.7 Å². The van der Waals surface area contributed by atoms with Crippen molar-refractivity contribution in [3.63, 3.8) is 0 Å². The molecule has 0 bridgehead atoms. The van der Waals surface area contributed by atoms with Crippen molar-refractivity contribution in [2.45, 2.75) is 19.8 Å². The Morgan fingerprint density at radius 2 is 1.92 bits per heavy atom. The summed E-state index contributed by atoms with van der Waals surface area (Å²) in [6, 6.07) is 10.1. The molecule has 1 aliphatic heterocycles. The molecule has 2 heterocycles. The molecule has 1 saturated heterocycles. The Bertz CT molecular complexity index is 1310. The van der Waals surface area contributed by atoms with Crippen LogP contribution in [-0.4, -0.2) is 58.4 Å². The average Bonchev–Trinajstić information content (AvgIpc) is 3.30. The molecule has 4 N–H and O–H groups in total. The molecule has 3 amide bonds. The lowest BCUT2D eigenvalue weighted by Gasteiger charge is -2.30. The standard InChI is InChI=1S/C26H28ClFN6O3/c1-16-3-2-11-33(14-16)12-10-30-26(37)23-22(24(29)35)31-15-34(23)19-7-5-18(6-8-19)32-25(36)20-9-4-17(28)13-21(20)27/h4-9,13,15-16H,2-3,10-12,14H2,1H3,(H2,29,35)(H,30,37)(H,32,36)/t16-/m1/s1. The number of amides is 3. The summed E-state index contributed by atoms with van der Waals surface area (Å²) in [5.74, 6) is -1.68. The van der Waals surface area contributed by atoms with Gasteiger partial charge in [-0.2, -0.15) is 0 Å². The fraction of sp³-hybridized carbons (Fsp3) is 0.308. The van der Waals surface area contributed by atoms with Crippen LogP contribution in [0.15, 0.2) is 48.8 Å². The van der Waals surface area contributed by atoms with Crippen molar-refractivity contribution in [3.8, 4) is 5.69 Å². The number of rotatable bonds is 8. The number of nitrogens with one attached hydrogen (secondary N) is 2. The summed E-state index contributed by atoms with van der Waals surface area (Å²) in [7, 11) is 0. The Hall–Kier alpha value is -3.76. The van der Waals surface area contributed by atoms with E-state index >= 15 is 0 Å². The summed E-state index contributed by atoms with van der Waals surface area (Å²) in [5.41, 5.74) is 6.50. The summed E-state index contributed by atoms with van der Waals surface area (Å²) in [5, 5.41) is 5.56. The second-order valence-electron chi connectivity index (χ2n) is 9.11. The number of nitrogens with two attached hydrogens (primary N) is 1. The van der Waals surface area contributed by atoms with E-state index in [2.05, 4.69) is 27.4 Å². The van der Waals surface area contributed by atoms with Gasteiger partial charge in [-0.3, -0.25) is 19.0 Å². The second kappa shape index (κ2) is 11.5. The summed E-state index contributed by atoms with van der Waals surface area (Å²) in [6.45, 7) is 5.35. The molecule has 1 aromatic heterocycles. The molecule has 1 atom stereocenters. The van der Waals surface area contributed by atoms with Crippen LogP contribution in [0.2, 0.25) is 5.02 Å². The Labute approximate surface area is 218 Å². The molecule has 0 spiro atoms. The Kier molecular flexibility index (Phi) is 8.20. The van der Waals surface area contributed by atoms with E-state index in [9.17, 15) is 18.8 Å². The third kappa shape index (κ3) is 6.33. The molecule has 0 radical (unpaired) electrons. The molecule has 0 saturated carbocycles. The fourth-order valence-corrected chi connectivity index (χ4v) is 4.67. The van der Waals surface area contributed by atoms with Gasteiger partial charge in [-0.25, -0.2) is 9.37 Å². The number of primary amides is 1. The normalized spacial score (nSPS) is 15.8. The van der Waals surface area contributed by atoms with Gasteiger partial charge in [0.15, 0.2) is 5.69 Å². The van der Waals surface area contributed by atoms with Gasteiger partial charge in [0.2, 0.25) is 0 Å². The Morgan fingerprint density at radius 1 is 1.16 bits per heavy atom. The smallest absolute Gasteiger partial charge is 0.270 e. The molecule has 11 heteroatoms. The van der Waals surface area contributed by atoms with Crippen molar-refractivity contribution in [2.75, 3.05) is 31.5 Å². The first-order chi connectivity index (χ1) is 17.7. The lowest BCUT2D eigenvalue weighted by Crippen LogP contribution is -2.40. The van der Waals surface area contributed by atoms with E-state index in [0.29, 0.717) is 30.4 Å². The highest BCUT2D eigenvalue weighted by molar-refractivity contribution is 6.34. The third-order valence-corrected chi connectivity index (χ3v) is 6.56. The van der Waals surface area contributed by atoms with Crippen LogP contribution in [0.5, 0.6) is 0 Å². The quantitative estimate of drug-likeness (QED) is 0.415. The van der Waals surface area contributed by atoms with E-state index < -0.39 is 23.5 Å². The van der Waals surface area contributed by atoms with E-state index in [1.807, 2.05) is 0 Å². The molecule has 9 nitrogen and oxygen atoms in total.